The van der Waals surface area contributed by atoms with Crippen LogP contribution in [0, 0.1) is 23.6 Å². The maximum atomic E-state index is 14.1. The summed E-state index contributed by atoms with van der Waals surface area (Å²) >= 11 is 0. The zero-order valence-electron chi connectivity index (χ0n) is 25.1. The number of amides is 2. The van der Waals surface area contributed by atoms with Crippen LogP contribution in [0.2, 0.25) is 0 Å². The normalized spacial score (nSPS) is 27.4. The smallest absolute Gasteiger partial charge is 0.412 e. The predicted molar refractivity (Wildman–Crippen MR) is 157 cm³/mol. The number of allylic oxidation sites excluding steroid dienone is 1. The number of hydrogen-bond acceptors (Lipinski definition) is 11. The second-order valence-corrected chi connectivity index (χ2v) is 12.1. The standard InChI is InChI=1S/C31H35FN4O9/c1-35(2)19-11-14(12-34-30(43)45-16-7-5-15(32)6-8-16)24(37)21-17(19)9-13-10-18-23(36(3)4)26(39)22(29(33)42)28(41)31(18,44)27(40)20(13)25(21)38/h5-8,11,13,18,22-23,26,37,39-40,44H,9-10,12H2,1-4H3,(H2,33,42)(H,34,43)/t13-,18-,22?,23-,26?,31-/m0/s1. The summed E-state index contributed by atoms with van der Waals surface area (Å²) in [4.78, 5) is 55.6. The van der Waals surface area contributed by atoms with Crippen LogP contribution in [0.3, 0.4) is 0 Å². The largest absolute Gasteiger partial charge is 0.508 e. The van der Waals surface area contributed by atoms with Gasteiger partial charge in [0.1, 0.15) is 29.0 Å². The molecule has 2 amide bonds. The SMILES string of the molecule is CN(C)c1cc(CNC(=O)Oc2ccc(F)cc2)c(O)c2c1C[C@H]1C[C@H]3[C@H](N(C)C)C(O)C(C(N)=O)C(=O)[C@@]3(O)C(O)=C1C2=O. The maximum Gasteiger partial charge on any atom is 0.412 e. The third-order valence-electron chi connectivity index (χ3n) is 9.08. The third kappa shape index (κ3) is 5.08. The Morgan fingerprint density at radius 2 is 1.78 bits per heavy atom. The summed E-state index contributed by atoms with van der Waals surface area (Å²) in [5, 5.41) is 48.2. The van der Waals surface area contributed by atoms with Gasteiger partial charge in [-0.2, -0.15) is 0 Å². The number of aliphatic hydroxyl groups is 3. The van der Waals surface area contributed by atoms with Crippen LogP contribution in [0.4, 0.5) is 14.9 Å². The summed E-state index contributed by atoms with van der Waals surface area (Å²) in [5.41, 5.74) is 3.39. The fourth-order valence-corrected chi connectivity index (χ4v) is 7.05. The number of fused-ring (bicyclic) bond motifs is 3. The van der Waals surface area contributed by atoms with Gasteiger partial charge in [-0.1, -0.05) is 0 Å². The third-order valence-corrected chi connectivity index (χ3v) is 9.08. The van der Waals surface area contributed by atoms with E-state index < -0.39 is 76.4 Å². The number of anilines is 1. The number of benzene rings is 2. The van der Waals surface area contributed by atoms with E-state index in [-0.39, 0.29) is 41.8 Å². The Hall–Kier alpha value is -4.53. The number of ketones is 2. The van der Waals surface area contributed by atoms with Crippen LogP contribution < -0.4 is 20.7 Å². The minimum Gasteiger partial charge on any atom is -0.508 e. The molecule has 3 aliphatic carbocycles. The van der Waals surface area contributed by atoms with Gasteiger partial charge in [0.05, 0.1) is 11.7 Å². The maximum absolute atomic E-state index is 14.1. The van der Waals surface area contributed by atoms with Gasteiger partial charge in [-0.25, -0.2) is 9.18 Å². The van der Waals surface area contributed by atoms with Gasteiger partial charge >= 0.3 is 6.09 Å². The quantitative estimate of drug-likeness (QED) is 0.247. The first-order chi connectivity index (χ1) is 21.1. The lowest BCUT2D eigenvalue weighted by atomic mass is 9.56. The Bertz CT molecular complexity index is 1620. The van der Waals surface area contributed by atoms with Gasteiger partial charge in [0.25, 0.3) is 0 Å². The number of rotatable bonds is 6. The Balaban J connectivity index is 1.55. The predicted octanol–water partition coefficient (Wildman–Crippen LogP) is 0.779. The van der Waals surface area contributed by atoms with Gasteiger partial charge in [0.2, 0.25) is 5.91 Å². The molecule has 0 heterocycles. The Labute approximate surface area is 257 Å². The molecule has 0 aliphatic heterocycles. The number of primary amides is 1. The van der Waals surface area contributed by atoms with Gasteiger partial charge in [0.15, 0.2) is 17.2 Å². The van der Waals surface area contributed by atoms with Crippen LogP contribution in [0.1, 0.15) is 27.9 Å². The number of halogens is 1. The van der Waals surface area contributed by atoms with Gasteiger partial charge in [-0.3, -0.25) is 14.4 Å². The molecule has 2 aromatic carbocycles. The molecule has 2 unspecified atom stereocenters. The van der Waals surface area contributed by atoms with Crippen molar-refractivity contribution in [2.75, 3.05) is 33.1 Å². The summed E-state index contributed by atoms with van der Waals surface area (Å²) in [5.74, 6) is -8.73. The molecule has 13 nitrogen and oxygen atoms in total. The average Bonchev–Trinajstić information content (AvgIpc) is 2.95. The molecule has 6 atom stereocenters. The lowest BCUT2D eigenvalue weighted by molar-refractivity contribution is -0.178. The molecule has 0 aromatic heterocycles. The highest BCUT2D eigenvalue weighted by Crippen LogP contribution is 2.53. The molecule has 1 fully saturated rings. The van der Waals surface area contributed by atoms with Crippen LogP contribution in [0.25, 0.3) is 0 Å². The van der Waals surface area contributed by atoms with Gasteiger partial charge in [-0.05, 0) is 68.8 Å². The molecular weight excluding hydrogens is 591 g/mol. The number of phenols is 1. The molecule has 7 N–H and O–H groups in total. The zero-order chi connectivity index (χ0) is 33.1. The molecule has 0 radical (unpaired) electrons. The van der Waals surface area contributed by atoms with E-state index in [4.69, 9.17) is 10.5 Å². The van der Waals surface area contributed by atoms with Crippen molar-refractivity contribution < 1.29 is 48.7 Å². The monoisotopic (exact) mass is 626 g/mol. The first-order valence-electron chi connectivity index (χ1n) is 14.2. The second kappa shape index (κ2) is 11.4. The summed E-state index contributed by atoms with van der Waals surface area (Å²) < 4.78 is 18.3. The van der Waals surface area contributed by atoms with Crippen molar-refractivity contribution in [3.63, 3.8) is 0 Å². The van der Waals surface area contributed by atoms with Crippen LogP contribution in [-0.2, 0) is 22.6 Å². The van der Waals surface area contributed by atoms with Crippen molar-refractivity contribution in [3.05, 3.63) is 64.2 Å². The summed E-state index contributed by atoms with van der Waals surface area (Å²) in [6.07, 6.45) is -2.36. The summed E-state index contributed by atoms with van der Waals surface area (Å²) in [6.45, 7) is -0.283. The van der Waals surface area contributed by atoms with E-state index in [0.29, 0.717) is 11.3 Å². The van der Waals surface area contributed by atoms with E-state index in [1.54, 1.807) is 39.2 Å². The van der Waals surface area contributed by atoms with Gasteiger partial charge < -0.3 is 46.0 Å². The molecule has 14 heteroatoms. The number of ether oxygens (including phenoxy) is 1. The first-order valence-corrected chi connectivity index (χ1v) is 14.2. The molecule has 45 heavy (non-hydrogen) atoms. The van der Waals surface area contributed by atoms with Crippen LogP contribution >= 0.6 is 0 Å². The number of phenolic OH excluding ortho intramolecular Hbond substituents is 1. The lowest BCUT2D eigenvalue weighted by Gasteiger charge is -2.53. The fourth-order valence-electron chi connectivity index (χ4n) is 7.05. The molecular formula is C31H35FN4O9. The van der Waals surface area contributed by atoms with Crippen molar-refractivity contribution in [2.45, 2.75) is 37.1 Å². The van der Waals surface area contributed by atoms with E-state index in [1.807, 2.05) is 0 Å². The number of carbonyl (C=O) groups is 4. The number of carbonyl (C=O) groups excluding carboxylic acids is 4. The topological polar surface area (TPSA) is 203 Å². The highest BCUT2D eigenvalue weighted by Gasteiger charge is 2.66. The number of nitrogens with one attached hydrogen (secondary N) is 1. The van der Waals surface area contributed by atoms with E-state index in [2.05, 4.69) is 5.32 Å². The molecule has 1 saturated carbocycles. The number of nitrogens with two attached hydrogens (primary N) is 1. The highest BCUT2D eigenvalue weighted by molar-refractivity contribution is 6.16. The van der Waals surface area contributed by atoms with Crippen molar-refractivity contribution in [1.82, 2.24) is 10.2 Å². The first kappa shape index (κ1) is 31.9. The Kier molecular flexibility index (Phi) is 8.10. The van der Waals surface area contributed by atoms with E-state index in [9.17, 15) is 44.0 Å². The van der Waals surface area contributed by atoms with Gasteiger partial charge in [-0.15, -0.1) is 0 Å². The summed E-state index contributed by atoms with van der Waals surface area (Å²) in [7, 11) is 6.63. The number of hydrogen-bond donors (Lipinski definition) is 6. The van der Waals surface area contributed by atoms with Crippen molar-refractivity contribution in [2.24, 2.45) is 23.5 Å². The van der Waals surface area contributed by atoms with E-state index >= 15 is 0 Å². The van der Waals surface area contributed by atoms with Crippen molar-refractivity contribution in [3.8, 4) is 11.5 Å². The molecule has 5 rings (SSSR count). The Morgan fingerprint density at radius 1 is 1.13 bits per heavy atom. The molecule has 3 aliphatic rings. The number of nitrogens with zero attached hydrogens (tertiary/aromatic N) is 2. The van der Waals surface area contributed by atoms with Crippen LogP contribution in [-0.4, -0.2) is 94.8 Å². The lowest BCUT2D eigenvalue weighted by Crippen LogP contribution is -2.71. The average molecular weight is 627 g/mol. The van der Waals surface area contributed by atoms with E-state index in [1.165, 1.54) is 17.0 Å². The molecule has 0 bridgehead atoms. The molecule has 240 valence electrons. The van der Waals surface area contributed by atoms with Gasteiger partial charge in [0, 0.05) is 49.4 Å². The molecule has 2 aromatic rings. The second-order valence-electron chi connectivity index (χ2n) is 12.1. The minimum absolute atomic E-state index is 0.00956. The highest BCUT2D eigenvalue weighted by atomic mass is 19.1. The number of aliphatic hydroxyl groups excluding tert-OH is 2. The number of aromatic hydroxyl groups is 1. The molecule has 0 saturated heterocycles. The fraction of sp³-hybridized carbons (Fsp3) is 0.419. The number of likely N-dealkylation sites (N-methyl/N-ethyl adjacent to an activating group) is 1. The van der Waals surface area contributed by atoms with E-state index in [0.717, 1.165) is 12.1 Å². The number of Topliss-reactive ketones (excluding diaryl/α,β-unsaturated/α-hetero) is 2. The summed E-state index contributed by atoms with van der Waals surface area (Å²) in [6, 6.07) is 5.38. The van der Waals surface area contributed by atoms with Crippen molar-refractivity contribution >= 4 is 29.3 Å². The minimum atomic E-state index is -2.70. The Morgan fingerprint density at radius 3 is 2.36 bits per heavy atom. The molecule has 0 spiro atoms. The zero-order valence-corrected chi connectivity index (χ0v) is 25.1. The van der Waals surface area contributed by atoms with Crippen LogP contribution in [0.5, 0.6) is 11.5 Å². The van der Waals surface area contributed by atoms with Crippen LogP contribution in [0.15, 0.2) is 41.7 Å². The van der Waals surface area contributed by atoms with Crippen molar-refractivity contribution in [1.29, 1.82) is 0 Å².